The number of piperazine rings is 1. The zero-order chi connectivity index (χ0) is 22.1. The fourth-order valence-corrected chi connectivity index (χ4v) is 3.31. The first-order valence-electron chi connectivity index (χ1n) is 9.61. The Hall–Kier alpha value is -2.47. The molecule has 168 valence electrons. The van der Waals surface area contributed by atoms with Gasteiger partial charge in [0.25, 0.3) is 0 Å². The third-order valence-corrected chi connectivity index (χ3v) is 4.95. The SMILES string of the molecule is COC(=O)c1ccc(N2CCC(CN3CCNCC3)CC2)nn1.O=C(O)C(F)(F)F. The Morgan fingerprint density at radius 1 is 1.17 bits per heavy atom. The average molecular weight is 433 g/mol. The van der Waals surface area contributed by atoms with E-state index in [2.05, 4.69) is 30.1 Å². The first-order valence-corrected chi connectivity index (χ1v) is 9.61. The largest absolute Gasteiger partial charge is 0.490 e. The van der Waals surface area contributed by atoms with Gasteiger partial charge in [-0.3, -0.25) is 0 Å². The van der Waals surface area contributed by atoms with Crippen molar-refractivity contribution in [2.24, 2.45) is 5.92 Å². The first-order chi connectivity index (χ1) is 14.2. The van der Waals surface area contributed by atoms with E-state index >= 15 is 0 Å². The van der Waals surface area contributed by atoms with Crippen LogP contribution in [-0.2, 0) is 9.53 Å². The molecule has 0 unspecified atom stereocenters. The predicted molar refractivity (Wildman–Crippen MR) is 101 cm³/mol. The number of carbonyl (C=O) groups is 2. The molecule has 1 aromatic rings. The van der Waals surface area contributed by atoms with Crippen LogP contribution >= 0.6 is 0 Å². The number of methoxy groups -OCH3 is 1. The van der Waals surface area contributed by atoms with E-state index in [0.717, 1.165) is 37.9 Å². The molecule has 3 rings (SSSR count). The molecule has 2 fully saturated rings. The van der Waals surface area contributed by atoms with Gasteiger partial charge >= 0.3 is 18.1 Å². The summed E-state index contributed by atoms with van der Waals surface area (Å²) in [7, 11) is 1.35. The second-order valence-electron chi connectivity index (χ2n) is 7.05. The Bertz CT molecular complexity index is 688. The van der Waals surface area contributed by atoms with Crippen molar-refractivity contribution in [1.29, 1.82) is 0 Å². The van der Waals surface area contributed by atoms with Crippen LogP contribution in [0.25, 0.3) is 0 Å². The van der Waals surface area contributed by atoms with Crippen molar-refractivity contribution in [2.45, 2.75) is 19.0 Å². The van der Waals surface area contributed by atoms with Gasteiger partial charge in [-0.1, -0.05) is 0 Å². The molecule has 0 saturated carbocycles. The molecular weight excluding hydrogens is 407 g/mol. The summed E-state index contributed by atoms with van der Waals surface area (Å²) in [5, 5.41) is 18.6. The third kappa shape index (κ3) is 7.41. The standard InChI is InChI=1S/C16H25N5O2.C2HF3O2/c1-23-16(22)14-2-3-15(19-18-14)21-8-4-13(5-9-21)12-20-10-6-17-7-11-20;3-2(4,5)1(6)7/h2-3,13,17H,4-12H2,1H3;(H,6,7). The number of nitrogens with one attached hydrogen (secondary N) is 1. The zero-order valence-electron chi connectivity index (χ0n) is 16.7. The summed E-state index contributed by atoms with van der Waals surface area (Å²) in [5.74, 6) is -1.59. The number of carboxylic acids is 1. The van der Waals surface area contributed by atoms with Gasteiger partial charge in [0.1, 0.15) is 0 Å². The summed E-state index contributed by atoms with van der Waals surface area (Å²) in [6, 6.07) is 3.54. The van der Waals surface area contributed by atoms with Crippen molar-refractivity contribution in [3.63, 3.8) is 0 Å². The summed E-state index contributed by atoms with van der Waals surface area (Å²) >= 11 is 0. The number of rotatable bonds is 4. The van der Waals surface area contributed by atoms with Crippen molar-refractivity contribution in [3.8, 4) is 0 Å². The van der Waals surface area contributed by atoms with Crippen molar-refractivity contribution < 1.29 is 32.6 Å². The molecule has 0 aromatic carbocycles. The van der Waals surface area contributed by atoms with Crippen LogP contribution in [0.1, 0.15) is 23.3 Å². The second kappa shape index (κ2) is 11.1. The molecule has 0 amide bonds. The van der Waals surface area contributed by atoms with E-state index in [1.807, 2.05) is 6.07 Å². The number of aromatic nitrogens is 2. The Labute approximate surface area is 172 Å². The Morgan fingerprint density at radius 2 is 1.77 bits per heavy atom. The summed E-state index contributed by atoms with van der Waals surface area (Å²) in [6.07, 6.45) is -2.71. The Morgan fingerprint density at radius 3 is 2.23 bits per heavy atom. The number of nitrogens with zero attached hydrogens (tertiary/aromatic N) is 4. The molecule has 30 heavy (non-hydrogen) atoms. The summed E-state index contributed by atoms with van der Waals surface area (Å²) < 4.78 is 36.4. The monoisotopic (exact) mass is 433 g/mol. The number of aliphatic carboxylic acids is 1. The maximum Gasteiger partial charge on any atom is 0.490 e. The average Bonchev–Trinajstić information content (AvgIpc) is 2.74. The van der Waals surface area contributed by atoms with Crippen LogP contribution in [0.3, 0.4) is 0 Å². The number of hydrogen-bond donors (Lipinski definition) is 2. The van der Waals surface area contributed by atoms with Gasteiger partial charge in [0, 0.05) is 45.8 Å². The fourth-order valence-electron chi connectivity index (χ4n) is 3.31. The molecule has 1 aromatic heterocycles. The molecule has 9 nitrogen and oxygen atoms in total. The quantitative estimate of drug-likeness (QED) is 0.673. The Balaban J connectivity index is 0.000000396. The van der Waals surface area contributed by atoms with Crippen LogP contribution in [-0.4, -0.2) is 91.2 Å². The Kier molecular flexibility index (Phi) is 8.78. The minimum absolute atomic E-state index is 0.254. The van der Waals surface area contributed by atoms with Crippen LogP contribution < -0.4 is 10.2 Å². The van der Waals surface area contributed by atoms with Gasteiger partial charge in [-0.05, 0) is 30.9 Å². The molecular formula is C18H26F3N5O4. The lowest BCUT2D eigenvalue weighted by Gasteiger charge is -2.36. The summed E-state index contributed by atoms with van der Waals surface area (Å²) in [4.78, 5) is 25.1. The van der Waals surface area contributed by atoms with E-state index in [4.69, 9.17) is 9.90 Å². The summed E-state index contributed by atoms with van der Waals surface area (Å²) in [5.41, 5.74) is 0.254. The number of carboxylic acid groups (broad SMARTS) is 1. The van der Waals surface area contributed by atoms with Gasteiger partial charge in [-0.2, -0.15) is 13.2 Å². The lowest BCUT2D eigenvalue weighted by molar-refractivity contribution is -0.192. The molecule has 0 radical (unpaired) electrons. The molecule has 3 heterocycles. The topological polar surface area (TPSA) is 108 Å². The number of carbonyl (C=O) groups excluding carboxylic acids is 1. The van der Waals surface area contributed by atoms with Crippen molar-refractivity contribution in [3.05, 3.63) is 17.8 Å². The predicted octanol–water partition coefficient (Wildman–Crippen LogP) is 1.02. The molecule has 2 aliphatic rings. The smallest absolute Gasteiger partial charge is 0.475 e. The van der Waals surface area contributed by atoms with E-state index < -0.39 is 18.1 Å². The number of anilines is 1. The normalized spacial score (nSPS) is 18.3. The molecule has 0 atom stereocenters. The number of alkyl halides is 3. The van der Waals surface area contributed by atoms with E-state index in [-0.39, 0.29) is 5.69 Å². The van der Waals surface area contributed by atoms with Gasteiger partial charge in [0.05, 0.1) is 7.11 Å². The van der Waals surface area contributed by atoms with Crippen LogP contribution in [0.4, 0.5) is 19.0 Å². The second-order valence-corrected chi connectivity index (χ2v) is 7.05. The summed E-state index contributed by atoms with van der Waals surface area (Å²) in [6.45, 7) is 7.78. The molecule has 0 bridgehead atoms. The molecule has 2 N–H and O–H groups in total. The minimum Gasteiger partial charge on any atom is -0.475 e. The van der Waals surface area contributed by atoms with Gasteiger partial charge < -0.3 is 25.0 Å². The number of hydrogen-bond acceptors (Lipinski definition) is 8. The van der Waals surface area contributed by atoms with Crippen LogP contribution in [0.5, 0.6) is 0 Å². The van der Waals surface area contributed by atoms with Crippen LogP contribution in [0.2, 0.25) is 0 Å². The highest BCUT2D eigenvalue weighted by Crippen LogP contribution is 2.22. The lowest BCUT2D eigenvalue weighted by Crippen LogP contribution is -2.47. The molecule has 0 aliphatic carbocycles. The van der Waals surface area contributed by atoms with Crippen molar-refractivity contribution >= 4 is 17.8 Å². The van der Waals surface area contributed by atoms with Crippen molar-refractivity contribution in [2.75, 3.05) is 57.8 Å². The number of halogens is 3. The first kappa shape index (κ1) is 23.8. The van der Waals surface area contributed by atoms with Crippen LogP contribution in [0, 0.1) is 5.92 Å². The van der Waals surface area contributed by atoms with E-state index in [9.17, 15) is 18.0 Å². The highest BCUT2D eigenvalue weighted by Gasteiger charge is 2.38. The van der Waals surface area contributed by atoms with E-state index in [0.29, 0.717) is 0 Å². The van der Waals surface area contributed by atoms with E-state index in [1.54, 1.807) is 6.07 Å². The van der Waals surface area contributed by atoms with Crippen LogP contribution in [0.15, 0.2) is 12.1 Å². The zero-order valence-corrected chi connectivity index (χ0v) is 16.7. The van der Waals surface area contributed by atoms with Gasteiger partial charge in [-0.15, -0.1) is 10.2 Å². The van der Waals surface area contributed by atoms with Gasteiger partial charge in [-0.25, -0.2) is 9.59 Å². The number of ether oxygens (including phenoxy) is 1. The number of esters is 1. The van der Waals surface area contributed by atoms with Gasteiger partial charge in [0.15, 0.2) is 11.5 Å². The van der Waals surface area contributed by atoms with Crippen molar-refractivity contribution in [1.82, 2.24) is 20.4 Å². The highest BCUT2D eigenvalue weighted by molar-refractivity contribution is 5.86. The number of piperidine rings is 1. The molecule has 12 heteroatoms. The molecule has 0 spiro atoms. The van der Waals surface area contributed by atoms with Gasteiger partial charge in [0.2, 0.25) is 0 Å². The third-order valence-electron chi connectivity index (χ3n) is 4.95. The van der Waals surface area contributed by atoms with E-state index in [1.165, 1.54) is 39.6 Å². The molecule has 2 aliphatic heterocycles. The lowest BCUT2D eigenvalue weighted by atomic mass is 9.96. The molecule has 2 saturated heterocycles. The maximum atomic E-state index is 11.4. The fraction of sp³-hybridized carbons (Fsp3) is 0.667. The highest BCUT2D eigenvalue weighted by atomic mass is 19.4. The minimum atomic E-state index is -5.08. The maximum absolute atomic E-state index is 11.4.